The predicted octanol–water partition coefficient (Wildman–Crippen LogP) is 7.70. The molecule has 0 N–H and O–H groups in total. The molecule has 1 saturated heterocycles. The fraction of sp³-hybridized carbons (Fsp3) is 0.290. The molecular formula is C31H35N3O2. The molecule has 3 aromatic carbocycles. The Labute approximate surface area is 214 Å². The van der Waals surface area contributed by atoms with Gasteiger partial charge in [0.05, 0.1) is 6.04 Å². The fourth-order valence-electron chi connectivity index (χ4n) is 4.45. The number of nitrogens with zero attached hydrogens (tertiary/aromatic N) is 3. The maximum absolute atomic E-state index is 13.0. The molecule has 5 heteroatoms. The van der Waals surface area contributed by atoms with Crippen LogP contribution in [0, 0.1) is 0 Å². The monoisotopic (exact) mass is 481 g/mol. The molecule has 5 nitrogen and oxygen atoms in total. The zero-order valence-corrected chi connectivity index (χ0v) is 21.4. The highest BCUT2D eigenvalue weighted by atomic mass is 16.5. The number of benzene rings is 3. The molecule has 0 saturated carbocycles. The number of aliphatic imine (C=N–C) groups is 1. The first-order chi connectivity index (χ1) is 17.6. The Morgan fingerprint density at radius 2 is 1.33 bits per heavy atom. The normalized spacial score (nSPS) is 15.7. The van der Waals surface area contributed by atoms with E-state index >= 15 is 0 Å². The summed E-state index contributed by atoms with van der Waals surface area (Å²) in [6.07, 6.45) is 5.90. The number of rotatable bonds is 10. The third-order valence-electron chi connectivity index (χ3n) is 6.22. The number of likely N-dealkylation sites (N-methyl/N-ethyl adjacent to an activating group) is 1. The molecule has 0 aromatic heterocycles. The highest BCUT2D eigenvalue weighted by Crippen LogP contribution is 2.34. The van der Waals surface area contributed by atoms with E-state index in [1.165, 1.54) is 0 Å². The first-order valence-electron chi connectivity index (χ1n) is 12.9. The number of anilines is 3. The van der Waals surface area contributed by atoms with E-state index in [2.05, 4.69) is 55.1 Å². The molecule has 0 bridgehead atoms. The van der Waals surface area contributed by atoms with E-state index in [1.54, 1.807) is 11.0 Å². The first-order valence-corrected chi connectivity index (χ1v) is 12.9. The van der Waals surface area contributed by atoms with Gasteiger partial charge in [-0.15, -0.1) is 0 Å². The molecule has 1 heterocycles. The van der Waals surface area contributed by atoms with Gasteiger partial charge in [-0.1, -0.05) is 75.2 Å². The standard InChI is InChI=1S/C31H35N3O2/c1-4-13-25(14-5-2)32-31-33(6-3)30(35)29(36-31)23-24-19-21-28(22-20-24)34(26-15-9-7-10-16-26)27-17-11-8-12-18-27/h7-12,15-23,25H,4-6,13-14H2,1-3H3/b29-23+,32-31?. The minimum atomic E-state index is -0.137. The number of amidine groups is 1. The number of hydrogen-bond donors (Lipinski definition) is 0. The number of carbonyl (C=O) groups is 1. The lowest BCUT2D eigenvalue weighted by Crippen LogP contribution is -2.30. The molecule has 1 fully saturated rings. The summed E-state index contributed by atoms with van der Waals surface area (Å²) >= 11 is 0. The largest absolute Gasteiger partial charge is 0.420 e. The molecule has 186 valence electrons. The van der Waals surface area contributed by atoms with Gasteiger partial charge in [0.15, 0.2) is 5.76 Å². The van der Waals surface area contributed by atoms with Gasteiger partial charge in [-0.3, -0.25) is 9.69 Å². The summed E-state index contributed by atoms with van der Waals surface area (Å²) in [5.41, 5.74) is 4.10. The molecule has 1 amide bonds. The van der Waals surface area contributed by atoms with Gasteiger partial charge < -0.3 is 9.64 Å². The summed E-state index contributed by atoms with van der Waals surface area (Å²) in [6, 6.07) is 29.3. The zero-order chi connectivity index (χ0) is 25.3. The third kappa shape index (κ3) is 5.85. The Bertz CT molecular complexity index is 1140. The lowest BCUT2D eigenvalue weighted by molar-refractivity contribution is -0.122. The van der Waals surface area contributed by atoms with Crippen LogP contribution in [-0.2, 0) is 9.53 Å². The molecule has 0 radical (unpaired) electrons. The van der Waals surface area contributed by atoms with E-state index in [-0.39, 0.29) is 11.9 Å². The van der Waals surface area contributed by atoms with Crippen molar-refractivity contribution in [2.75, 3.05) is 11.4 Å². The second-order valence-electron chi connectivity index (χ2n) is 8.90. The van der Waals surface area contributed by atoms with Crippen LogP contribution in [0.2, 0.25) is 0 Å². The molecule has 36 heavy (non-hydrogen) atoms. The molecular weight excluding hydrogens is 446 g/mol. The van der Waals surface area contributed by atoms with Crippen molar-refractivity contribution in [3.63, 3.8) is 0 Å². The molecule has 0 spiro atoms. The van der Waals surface area contributed by atoms with Crippen LogP contribution < -0.4 is 4.90 Å². The summed E-state index contributed by atoms with van der Waals surface area (Å²) < 4.78 is 6.00. The van der Waals surface area contributed by atoms with Gasteiger partial charge in [0.2, 0.25) is 0 Å². The summed E-state index contributed by atoms with van der Waals surface area (Å²) in [4.78, 5) is 21.7. The third-order valence-corrected chi connectivity index (χ3v) is 6.22. The fourth-order valence-corrected chi connectivity index (χ4v) is 4.45. The Kier molecular flexibility index (Phi) is 8.56. The number of amides is 1. The minimum absolute atomic E-state index is 0.137. The van der Waals surface area contributed by atoms with Crippen LogP contribution in [0.1, 0.15) is 52.0 Å². The van der Waals surface area contributed by atoms with E-state index in [4.69, 9.17) is 9.73 Å². The molecule has 0 aliphatic carbocycles. The van der Waals surface area contributed by atoms with Crippen molar-refractivity contribution in [2.45, 2.75) is 52.5 Å². The predicted molar refractivity (Wildman–Crippen MR) is 149 cm³/mol. The van der Waals surface area contributed by atoms with Gasteiger partial charge in [-0.05, 0) is 67.8 Å². The van der Waals surface area contributed by atoms with Crippen molar-refractivity contribution in [3.8, 4) is 0 Å². The smallest absolute Gasteiger partial charge is 0.300 e. The van der Waals surface area contributed by atoms with Gasteiger partial charge in [0.1, 0.15) is 0 Å². The summed E-state index contributed by atoms with van der Waals surface area (Å²) in [7, 11) is 0. The lowest BCUT2D eigenvalue weighted by atomic mass is 10.1. The molecule has 1 aliphatic rings. The Morgan fingerprint density at radius 1 is 0.806 bits per heavy atom. The number of ether oxygens (including phenoxy) is 1. The van der Waals surface area contributed by atoms with Crippen LogP contribution in [-0.4, -0.2) is 29.4 Å². The first kappa shape index (κ1) is 25.2. The molecule has 1 aliphatic heterocycles. The number of para-hydroxylation sites is 2. The van der Waals surface area contributed by atoms with Crippen LogP contribution in [0.3, 0.4) is 0 Å². The van der Waals surface area contributed by atoms with Gasteiger partial charge in [0.25, 0.3) is 5.91 Å². The number of carbonyl (C=O) groups excluding carboxylic acids is 1. The van der Waals surface area contributed by atoms with Crippen LogP contribution in [0.4, 0.5) is 17.1 Å². The second kappa shape index (κ2) is 12.2. The quantitative estimate of drug-likeness (QED) is 0.279. The van der Waals surface area contributed by atoms with Crippen molar-refractivity contribution in [3.05, 3.63) is 96.3 Å². The lowest BCUT2D eigenvalue weighted by Gasteiger charge is -2.25. The van der Waals surface area contributed by atoms with Gasteiger partial charge in [0, 0.05) is 23.6 Å². The highest BCUT2D eigenvalue weighted by Gasteiger charge is 2.34. The maximum atomic E-state index is 13.0. The summed E-state index contributed by atoms with van der Waals surface area (Å²) in [5, 5.41) is 0. The van der Waals surface area contributed by atoms with Crippen molar-refractivity contribution >= 4 is 35.1 Å². The Morgan fingerprint density at radius 3 is 1.83 bits per heavy atom. The molecule has 0 atom stereocenters. The van der Waals surface area contributed by atoms with Crippen LogP contribution >= 0.6 is 0 Å². The minimum Gasteiger partial charge on any atom is -0.420 e. The van der Waals surface area contributed by atoms with E-state index < -0.39 is 0 Å². The van der Waals surface area contributed by atoms with E-state index in [0.29, 0.717) is 18.3 Å². The van der Waals surface area contributed by atoms with Gasteiger partial charge >= 0.3 is 6.02 Å². The molecule has 3 aromatic rings. The van der Waals surface area contributed by atoms with Crippen LogP contribution in [0.5, 0.6) is 0 Å². The van der Waals surface area contributed by atoms with E-state index in [1.807, 2.05) is 55.5 Å². The Balaban J connectivity index is 1.60. The highest BCUT2D eigenvalue weighted by molar-refractivity contribution is 6.11. The van der Waals surface area contributed by atoms with Gasteiger partial charge in [-0.2, -0.15) is 0 Å². The summed E-state index contributed by atoms with van der Waals surface area (Å²) in [6.45, 7) is 6.80. The number of hydrogen-bond acceptors (Lipinski definition) is 4. The van der Waals surface area contributed by atoms with Crippen molar-refractivity contribution in [1.82, 2.24) is 4.90 Å². The summed E-state index contributed by atoms with van der Waals surface area (Å²) in [5.74, 6) is 0.181. The topological polar surface area (TPSA) is 45.1 Å². The van der Waals surface area contributed by atoms with Crippen molar-refractivity contribution in [1.29, 1.82) is 0 Å². The van der Waals surface area contributed by atoms with E-state index in [9.17, 15) is 4.79 Å². The van der Waals surface area contributed by atoms with Crippen LogP contribution in [0.25, 0.3) is 6.08 Å². The van der Waals surface area contributed by atoms with E-state index in [0.717, 1.165) is 48.3 Å². The molecule has 0 unspecified atom stereocenters. The van der Waals surface area contributed by atoms with Crippen molar-refractivity contribution in [2.24, 2.45) is 4.99 Å². The molecule has 4 rings (SSSR count). The Hall–Kier alpha value is -3.86. The van der Waals surface area contributed by atoms with Crippen LogP contribution in [0.15, 0.2) is 95.7 Å². The zero-order valence-electron chi connectivity index (χ0n) is 21.4. The maximum Gasteiger partial charge on any atom is 0.300 e. The van der Waals surface area contributed by atoms with Crippen molar-refractivity contribution < 1.29 is 9.53 Å². The SMILES string of the molecule is CCCC(CCC)N=C1O/C(=C/c2ccc(N(c3ccccc3)c3ccccc3)cc2)C(=O)N1CC. The second-order valence-corrected chi connectivity index (χ2v) is 8.90. The average Bonchev–Trinajstić information content (AvgIpc) is 3.20. The average molecular weight is 482 g/mol. The van der Waals surface area contributed by atoms with Gasteiger partial charge in [-0.25, -0.2) is 4.99 Å².